The minimum absolute atomic E-state index is 0.0474. The Labute approximate surface area is 282 Å². The van der Waals surface area contributed by atoms with Gasteiger partial charge in [0.1, 0.15) is 12.2 Å². The van der Waals surface area contributed by atoms with Crippen molar-refractivity contribution in [3.8, 4) is 11.1 Å². The van der Waals surface area contributed by atoms with E-state index in [4.69, 9.17) is 9.47 Å². The van der Waals surface area contributed by atoms with Gasteiger partial charge in [-0.3, -0.25) is 4.79 Å². The Hall–Kier alpha value is -5.11. The molecule has 2 N–H and O–H groups in total. The first-order chi connectivity index (χ1) is 23.2. The fraction of sp³-hybridized carbons (Fsp3) is 0.325. The Bertz CT molecular complexity index is 1630. The van der Waals surface area contributed by atoms with Crippen LogP contribution in [0.5, 0.6) is 0 Å². The molecule has 4 aromatic rings. The first-order valence-corrected chi connectivity index (χ1v) is 16.6. The second-order valence-electron chi connectivity index (χ2n) is 13.6. The minimum atomic E-state index is -0.689. The highest BCUT2D eigenvalue weighted by Gasteiger charge is 2.37. The number of benzene rings is 4. The molecule has 8 nitrogen and oxygen atoms in total. The Kier molecular flexibility index (Phi) is 9.80. The topological polar surface area (TPSA) is 97.0 Å². The molecule has 248 valence electrons. The van der Waals surface area contributed by atoms with Crippen LogP contribution in [0.25, 0.3) is 11.1 Å². The molecule has 2 atom stereocenters. The molecule has 4 aromatic carbocycles. The van der Waals surface area contributed by atoms with Crippen LogP contribution in [-0.4, -0.2) is 60.9 Å². The average molecular weight is 646 g/mol. The largest absolute Gasteiger partial charge is 0.448 e. The first kappa shape index (κ1) is 32.8. The van der Waals surface area contributed by atoms with Crippen molar-refractivity contribution in [1.82, 2.24) is 15.5 Å². The summed E-state index contributed by atoms with van der Waals surface area (Å²) < 4.78 is 11.5. The lowest BCUT2D eigenvalue weighted by molar-refractivity contribution is -0.126. The van der Waals surface area contributed by atoms with Crippen molar-refractivity contribution in [3.63, 3.8) is 0 Å². The summed E-state index contributed by atoms with van der Waals surface area (Å²) in [6.45, 7) is 6.32. The molecule has 1 fully saturated rings. The molecule has 1 aliphatic heterocycles. The van der Waals surface area contributed by atoms with Crippen LogP contribution in [0.1, 0.15) is 61.3 Å². The normalized spacial score (nSPS) is 17.3. The van der Waals surface area contributed by atoms with Gasteiger partial charge in [0.2, 0.25) is 5.91 Å². The summed E-state index contributed by atoms with van der Waals surface area (Å²) in [4.78, 5) is 41.8. The summed E-state index contributed by atoms with van der Waals surface area (Å²) in [5.74, 6) is -0.881. The highest BCUT2D eigenvalue weighted by Crippen LogP contribution is 2.44. The smallest absolute Gasteiger partial charge is 0.409 e. The lowest BCUT2D eigenvalue weighted by Crippen LogP contribution is -2.56. The van der Waals surface area contributed by atoms with Crippen molar-refractivity contribution in [2.75, 3.05) is 26.2 Å². The SMILES string of the molecule is CC(C)(C)OC(=O)N[C@@H]1C[C@@H](C(=O)NCC(c2ccccc2)c2ccccc2)CN(C(=O)OCC2c3ccccc3-c3ccccc32)C1. The molecule has 1 saturated heterocycles. The van der Waals surface area contributed by atoms with Crippen LogP contribution >= 0.6 is 0 Å². The number of nitrogens with one attached hydrogen (secondary N) is 2. The third-order valence-electron chi connectivity index (χ3n) is 9.02. The fourth-order valence-corrected chi connectivity index (χ4v) is 6.85. The second-order valence-corrected chi connectivity index (χ2v) is 13.6. The highest BCUT2D eigenvalue weighted by atomic mass is 16.6. The molecule has 0 saturated carbocycles. The van der Waals surface area contributed by atoms with Gasteiger partial charge in [-0.1, -0.05) is 109 Å². The molecule has 1 aliphatic carbocycles. The number of piperidine rings is 1. The van der Waals surface area contributed by atoms with Crippen molar-refractivity contribution in [1.29, 1.82) is 0 Å². The summed E-state index contributed by atoms with van der Waals surface area (Å²) in [5.41, 5.74) is 6.04. The molecular weight excluding hydrogens is 602 g/mol. The van der Waals surface area contributed by atoms with Crippen LogP contribution in [0.2, 0.25) is 0 Å². The van der Waals surface area contributed by atoms with Crippen LogP contribution in [0.15, 0.2) is 109 Å². The Morgan fingerprint density at radius 3 is 1.88 bits per heavy atom. The first-order valence-electron chi connectivity index (χ1n) is 16.6. The number of fused-ring (bicyclic) bond motifs is 3. The predicted molar refractivity (Wildman–Crippen MR) is 186 cm³/mol. The van der Waals surface area contributed by atoms with Gasteiger partial charge in [0, 0.05) is 31.5 Å². The monoisotopic (exact) mass is 645 g/mol. The van der Waals surface area contributed by atoms with Gasteiger partial charge in [-0.05, 0) is 60.6 Å². The number of amides is 3. The summed E-state index contributed by atoms with van der Waals surface area (Å²) >= 11 is 0. The van der Waals surface area contributed by atoms with Crippen molar-refractivity contribution in [2.24, 2.45) is 5.92 Å². The fourth-order valence-electron chi connectivity index (χ4n) is 6.85. The molecule has 6 rings (SSSR count). The lowest BCUT2D eigenvalue weighted by atomic mass is 9.90. The number of nitrogens with zero attached hydrogens (tertiary/aromatic N) is 1. The molecule has 0 bridgehead atoms. The zero-order valence-corrected chi connectivity index (χ0v) is 27.7. The van der Waals surface area contributed by atoms with Gasteiger partial charge in [0.15, 0.2) is 0 Å². The van der Waals surface area contributed by atoms with E-state index in [-0.39, 0.29) is 37.4 Å². The number of carbonyl (C=O) groups excluding carboxylic acids is 3. The van der Waals surface area contributed by atoms with Gasteiger partial charge in [-0.25, -0.2) is 9.59 Å². The van der Waals surface area contributed by atoms with E-state index in [9.17, 15) is 14.4 Å². The number of likely N-dealkylation sites (tertiary alicyclic amines) is 1. The number of hydrogen-bond acceptors (Lipinski definition) is 5. The molecule has 1 heterocycles. The number of carbonyl (C=O) groups is 3. The summed E-state index contributed by atoms with van der Waals surface area (Å²) in [5, 5.41) is 6.05. The van der Waals surface area contributed by atoms with Crippen molar-refractivity contribution >= 4 is 18.1 Å². The molecular formula is C40H43N3O5. The quantitative estimate of drug-likeness (QED) is 0.213. The summed E-state index contributed by atoms with van der Waals surface area (Å²) in [7, 11) is 0. The number of hydrogen-bond donors (Lipinski definition) is 2. The van der Waals surface area contributed by atoms with E-state index in [1.807, 2.05) is 60.7 Å². The molecule has 0 unspecified atom stereocenters. The van der Waals surface area contributed by atoms with E-state index in [0.717, 1.165) is 33.4 Å². The third kappa shape index (κ3) is 7.71. The van der Waals surface area contributed by atoms with Crippen LogP contribution in [-0.2, 0) is 14.3 Å². The van der Waals surface area contributed by atoms with Gasteiger partial charge >= 0.3 is 12.2 Å². The van der Waals surface area contributed by atoms with Crippen molar-refractivity contribution in [2.45, 2.75) is 50.7 Å². The Morgan fingerprint density at radius 2 is 1.31 bits per heavy atom. The van der Waals surface area contributed by atoms with Gasteiger partial charge in [-0.15, -0.1) is 0 Å². The van der Waals surface area contributed by atoms with E-state index >= 15 is 0 Å². The van der Waals surface area contributed by atoms with Gasteiger partial charge < -0.3 is 25.0 Å². The number of ether oxygens (including phenoxy) is 2. The maximum Gasteiger partial charge on any atom is 0.409 e. The maximum absolute atomic E-state index is 13.8. The average Bonchev–Trinajstić information content (AvgIpc) is 3.40. The molecule has 2 aliphatic rings. The van der Waals surface area contributed by atoms with E-state index in [0.29, 0.717) is 13.0 Å². The molecule has 0 radical (unpaired) electrons. The summed E-state index contributed by atoms with van der Waals surface area (Å²) in [6, 6.07) is 36.0. The van der Waals surface area contributed by atoms with Crippen LogP contribution in [0, 0.1) is 5.92 Å². The van der Waals surface area contributed by atoms with Crippen LogP contribution in [0.4, 0.5) is 9.59 Å². The third-order valence-corrected chi connectivity index (χ3v) is 9.02. The molecule has 3 amide bonds. The Morgan fingerprint density at radius 1 is 0.771 bits per heavy atom. The van der Waals surface area contributed by atoms with Crippen LogP contribution in [0.3, 0.4) is 0 Å². The second kappa shape index (κ2) is 14.3. The lowest BCUT2D eigenvalue weighted by Gasteiger charge is -2.37. The maximum atomic E-state index is 13.8. The predicted octanol–water partition coefficient (Wildman–Crippen LogP) is 7.10. The molecule has 48 heavy (non-hydrogen) atoms. The van der Waals surface area contributed by atoms with E-state index in [1.54, 1.807) is 20.8 Å². The summed E-state index contributed by atoms with van der Waals surface area (Å²) in [6.07, 6.45) is -0.745. The molecule has 0 aromatic heterocycles. The van der Waals surface area contributed by atoms with E-state index in [1.165, 1.54) is 4.90 Å². The highest BCUT2D eigenvalue weighted by molar-refractivity contribution is 5.81. The van der Waals surface area contributed by atoms with Crippen LogP contribution < -0.4 is 10.6 Å². The van der Waals surface area contributed by atoms with Crippen molar-refractivity contribution < 1.29 is 23.9 Å². The van der Waals surface area contributed by atoms with Gasteiger partial charge in [0.25, 0.3) is 0 Å². The molecule has 0 spiro atoms. The molecule has 8 heteroatoms. The zero-order chi connectivity index (χ0) is 33.7. The zero-order valence-electron chi connectivity index (χ0n) is 27.7. The van der Waals surface area contributed by atoms with Gasteiger partial charge in [0.05, 0.1) is 12.0 Å². The van der Waals surface area contributed by atoms with E-state index < -0.39 is 29.7 Å². The standard InChI is InChI=1S/C40H43N3O5/c1-40(2,3)48-38(45)42-30-22-29(37(44)41-23-35(27-14-6-4-7-15-27)28-16-8-5-9-17-28)24-43(25-30)39(46)47-26-36-33-20-12-10-18-31(33)32-19-11-13-21-34(32)36/h4-21,29-30,35-36H,22-26H2,1-3H3,(H,41,44)(H,42,45)/t29-,30-/m1/s1. The Balaban J connectivity index is 1.16. The van der Waals surface area contributed by atoms with Crippen molar-refractivity contribution in [3.05, 3.63) is 131 Å². The van der Waals surface area contributed by atoms with Gasteiger partial charge in [-0.2, -0.15) is 0 Å². The number of rotatable bonds is 8. The number of alkyl carbamates (subject to hydrolysis) is 1. The minimum Gasteiger partial charge on any atom is -0.448 e. The van der Waals surface area contributed by atoms with E-state index in [2.05, 4.69) is 59.2 Å².